The van der Waals surface area contributed by atoms with Crippen molar-refractivity contribution in [3.63, 3.8) is 0 Å². The van der Waals surface area contributed by atoms with Crippen LogP contribution in [0.5, 0.6) is 0 Å². The minimum atomic E-state index is 0.0342. The van der Waals surface area contributed by atoms with Crippen molar-refractivity contribution in [3.8, 4) is 0 Å². The lowest BCUT2D eigenvalue weighted by atomic mass is 10.3. The van der Waals surface area contributed by atoms with E-state index < -0.39 is 0 Å². The molecule has 2 aromatic heterocycles. The van der Waals surface area contributed by atoms with Gasteiger partial charge in [-0.3, -0.25) is 9.36 Å². The molecule has 0 saturated heterocycles. The number of nitrogens with zero attached hydrogens (tertiary/aromatic N) is 3. The molecule has 0 radical (unpaired) electrons. The highest BCUT2D eigenvalue weighted by molar-refractivity contribution is 8.08. The van der Waals surface area contributed by atoms with Gasteiger partial charge in [-0.25, -0.2) is 4.57 Å². The lowest BCUT2D eigenvalue weighted by molar-refractivity contribution is -0.673. The summed E-state index contributed by atoms with van der Waals surface area (Å²) in [6.45, 7) is 4.31. The summed E-state index contributed by atoms with van der Waals surface area (Å²) in [7, 11) is 4.02. The average molecular weight is 395 g/mol. The Hall–Kier alpha value is -2.57. The first-order valence-corrected chi connectivity index (χ1v) is 10.3. The number of aryl methyl sites for hydroxylation is 1. The van der Waals surface area contributed by atoms with Crippen molar-refractivity contribution in [2.45, 2.75) is 11.4 Å². The fourth-order valence-electron chi connectivity index (χ4n) is 3.08. The number of fused-ring (bicyclic) bond motifs is 1. The topological polar surface area (TPSA) is 29.1 Å². The van der Waals surface area contributed by atoms with Gasteiger partial charge in [0.05, 0.1) is 5.69 Å². The first-order valence-electron chi connectivity index (χ1n) is 8.62. The summed E-state index contributed by atoms with van der Waals surface area (Å²) in [5, 5.41) is 0.987. The molecule has 0 amide bonds. The van der Waals surface area contributed by atoms with Gasteiger partial charge in [0.25, 0.3) is 5.56 Å². The zero-order valence-electron chi connectivity index (χ0n) is 15.3. The first-order chi connectivity index (χ1) is 13.1. The summed E-state index contributed by atoms with van der Waals surface area (Å²) >= 11 is 3.19. The van der Waals surface area contributed by atoms with Crippen LogP contribution < -0.4 is 24.2 Å². The van der Waals surface area contributed by atoms with Gasteiger partial charge in [-0.2, -0.15) is 0 Å². The van der Waals surface area contributed by atoms with E-state index in [1.165, 1.54) is 16.2 Å². The third-order valence-electron chi connectivity index (χ3n) is 4.52. The van der Waals surface area contributed by atoms with Crippen molar-refractivity contribution < 1.29 is 4.57 Å². The second kappa shape index (κ2) is 7.21. The molecule has 4 rings (SSSR count). The molecule has 0 saturated carbocycles. The molecular weight excluding hydrogens is 374 g/mol. The number of hydrogen-bond acceptors (Lipinski definition) is 4. The first kappa shape index (κ1) is 17.8. The van der Waals surface area contributed by atoms with Crippen molar-refractivity contribution in [3.05, 3.63) is 86.6 Å². The zero-order chi connectivity index (χ0) is 19.0. The second-order valence-electron chi connectivity index (χ2n) is 6.29. The molecular formula is C21H20N3OS2+. The van der Waals surface area contributed by atoms with Crippen molar-refractivity contribution in [2.24, 2.45) is 7.05 Å². The van der Waals surface area contributed by atoms with Gasteiger partial charge >= 0.3 is 0 Å². The van der Waals surface area contributed by atoms with Crippen molar-refractivity contribution in [1.29, 1.82) is 0 Å². The second-order valence-corrected chi connectivity index (χ2v) is 8.35. The van der Waals surface area contributed by atoms with Crippen LogP contribution in [0.1, 0.15) is 5.69 Å². The summed E-state index contributed by atoms with van der Waals surface area (Å²) in [5.41, 5.74) is 2.22. The predicted molar refractivity (Wildman–Crippen MR) is 113 cm³/mol. The van der Waals surface area contributed by atoms with Gasteiger partial charge in [0.15, 0.2) is 6.20 Å². The summed E-state index contributed by atoms with van der Waals surface area (Å²) in [6.07, 6.45) is 5.83. The van der Waals surface area contributed by atoms with Crippen LogP contribution in [0.2, 0.25) is 0 Å². The Bertz CT molecular complexity index is 1210. The van der Waals surface area contributed by atoms with Crippen LogP contribution in [0, 0.1) is 0 Å². The molecule has 3 aromatic rings. The number of rotatable bonds is 3. The highest BCUT2D eigenvalue weighted by Gasteiger charge is 2.24. The number of para-hydroxylation sites is 1. The Labute approximate surface area is 166 Å². The molecule has 136 valence electrons. The Balaban J connectivity index is 1.97. The molecule has 0 N–H and O–H groups in total. The number of benzene rings is 1. The van der Waals surface area contributed by atoms with Gasteiger partial charge in [0.1, 0.15) is 21.3 Å². The minimum absolute atomic E-state index is 0.0342. The molecule has 4 nitrogen and oxygen atoms in total. The van der Waals surface area contributed by atoms with Crippen LogP contribution in [0.15, 0.2) is 71.0 Å². The van der Waals surface area contributed by atoms with E-state index in [-0.39, 0.29) is 5.56 Å². The highest BCUT2D eigenvalue weighted by Crippen LogP contribution is 2.44. The molecule has 0 aliphatic carbocycles. The van der Waals surface area contributed by atoms with Crippen molar-refractivity contribution in [1.82, 2.24) is 4.57 Å². The van der Waals surface area contributed by atoms with E-state index >= 15 is 0 Å². The van der Waals surface area contributed by atoms with Gasteiger partial charge in [-0.1, -0.05) is 30.0 Å². The fourth-order valence-corrected chi connectivity index (χ4v) is 5.49. The molecule has 27 heavy (non-hydrogen) atoms. The molecule has 1 aliphatic heterocycles. The molecule has 6 heteroatoms. The van der Waals surface area contributed by atoms with Gasteiger partial charge in [-0.05, 0) is 18.2 Å². The molecule has 0 fully saturated rings. The number of allylic oxidation sites excluding steroid dienone is 1. The highest BCUT2D eigenvalue weighted by atomic mass is 32.2. The SMILES string of the molecule is C=CCn1c(=O)/c(=C2/Sc3ccccc3N2C)s/c1=C/c1cccc[n+]1C. The number of aromatic nitrogens is 2. The summed E-state index contributed by atoms with van der Waals surface area (Å²) < 4.78 is 5.53. The standard InChI is InChI=1S/C21H20N3OS2/c1-4-12-24-18(14-15-9-7-8-13-22(15)2)27-19(20(24)25)21-23(3)16-10-5-6-11-17(16)26-21/h4-11,13-14H,1,12H2,2-3H3/q+1/b21-19-. The van der Waals surface area contributed by atoms with E-state index in [0.29, 0.717) is 6.54 Å². The van der Waals surface area contributed by atoms with E-state index in [0.717, 1.165) is 25.6 Å². The van der Waals surface area contributed by atoms with E-state index in [1.54, 1.807) is 22.4 Å². The van der Waals surface area contributed by atoms with Crippen LogP contribution in [0.3, 0.4) is 0 Å². The van der Waals surface area contributed by atoms with Crippen molar-refractivity contribution in [2.75, 3.05) is 11.9 Å². The molecule has 0 spiro atoms. The fraction of sp³-hybridized carbons (Fsp3) is 0.143. The molecule has 3 heterocycles. The smallest absolute Gasteiger partial charge is 0.272 e. The molecule has 0 atom stereocenters. The van der Waals surface area contributed by atoms with Crippen LogP contribution in [0.4, 0.5) is 5.69 Å². The Kier molecular flexibility index (Phi) is 4.76. The number of thioether (sulfide) groups is 1. The maximum atomic E-state index is 13.2. The third kappa shape index (κ3) is 3.15. The maximum Gasteiger partial charge on any atom is 0.272 e. The lowest BCUT2D eigenvalue weighted by Gasteiger charge is -2.11. The Morgan fingerprint density at radius 3 is 2.70 bits per heavy atom. The maximum absolute atomic E-state index is 13.2. The average Bonchev–Trinajstić information content (AvgIpc) is 3.16. The quantitative estimate of drug-likeness (QED) is 0.503. The zero-order valence-corrected chi connectivity index (χ0v) is 16.9. The van der Waals surface area contributed by atoms with Gasteiger partial charge in [-0.15, -0.1) is 17.9 Å². The molecule has 0 bridgehead atoms. The summed E-state index contributed by atoms with van der Waals surface area (Å²) in [5.74, 6) is 0. The monoisotopic (exact) mass is 394 g/mol. The number of pyridine rings is 1. The van der Waals surface area contributed by atoms with Crippen LogP contribution >= 0.6 is 23.1 Å². The van der Waals surface area contributed by atoms with Gasteiger partial charge in [0.2, 0.25) is 5.69 Å². The number of thiazole rings is 1. The summed E-state index contributed by atoms with van der Waals surface area (Å²) in [4.78, 5) is 16.5. The molecule has 1 aliphatic rings. The Morgan fingerprint density at radius 2 is 1.96 bits per heavy atom. The Morgan fingerprint density at radius 1 is 1.19 bits per heavy atom. The molecule has 0 unspecified atom stereocenters. The van der Waals surface area contributed by atoms with Crippen LogP contribution in [-0.2, 0) is 13.6 Å². The largest absolute Gasteiger partial charge is 0.337 e. The third-order valence-corrected chi connectivity index (χ3v) is 7.01. The number of hydrogen-bond donors (Lipinski definition) is 0. The molecule has 1 aromatic carbocycles. The van der Waals surface area contributed by atoms with Gasteiger partial charge in [0, 0.05) is 36.7 Å². The van der Waals surface area contributed by atoms with E-state index in [2.05, 4.69) is 29.7 Å². The van der Waals surface area contributed by atoms with E-state index in [9.17, 15) is 4.79 Å². The minimum Gasteiger partial charge on any atom is -0.337 e. The van der Waals surface area contributed by atoms with E-state index in [1.807, 2.05) is 55.2 Å². The van der Waals surface area contributed by atoms with Crippen LogP contribution in [-0.4, -0.2) is 11.6 Å². The number of anilines is 1. The lowest BCUT2D eigenvalue weighted by Crippen LogP contribution is -2.35. The predicted octanol–water partition coefficient (Wildman–Crippen LogP) is 2.06. The van der Waals surface area contributed by atoms with Gasteiger partial charge < -0.3 is 4.90 Å². The van der Waals surface area contributed by atoms with E-state index in [4.69, 9.17) is 0 Å². The van der Waals surface area contributed by atoms with Crippen LogP contribution in [0.25, 0.3) is 11.1 Å². The summed E-state index contributed by atoms with van der Waals surface area (Å²) in [6, 6.07) is 14.3. The normalized spacial score (nSPS) is 15.9. The van der Waals surface area contributed by atoms with Crippen molar-refractivity contribution >= 4 is 39.9 Å².